The summed E-state index contributed by atoms with van der Waals surface area (Å²) < 4.78 is 7.27. The molecule has 1 aromatic carbocycles. The van der Waals surface area contributed by atoms with Gasteiger partial charge in [0.15, 0.2) is 0 Å². The summed E-state index contributed by atoms with van der Waals surface area (Å²) in [6, 6.07) is 12.4. The number of carbonyl (C=O) groups excluding carboxylic acids is 2. The van der Waals surface area contributed by atoms with Gasteiger partial charge in [-0.2, -0.15) is 5.26 Å². The van der Waals surface area contributed by atoms with Crippen LogP contribution in [0, 0.1) is 18.3 Å². The Balaban J connectivity index is 1.86. The SMILES string of the molecule is Cc1oc(-n2cccc2)c(C#N)c1C(=O)Nc1ccc(CC(N)=O)cc1. The number of furan rings is 1. The maximum atomic E-state index is 12.7. The Morgan fingerprint density at radius 1 is 1.23 bits per heavy atom. The van der Waals surface area contributed by atoms with E-state index in [0.29, 0.717) is 17.3 Å². The molecule has 0 radical (unpaired) electrons. The van der Waals surface area contributed by atoms with Gasteiger partial charge in [-0.15, -0.1) is 0 Å². The molecule has 0 fully saturated rings. The topological polar surface area (TPSA) is 114 Å². The maximum Gasteiger partial charge on any atom is 0.260 e. The molecule has 3 aromatic rings. The number of anilines is 1. The average molecular weight is 348 g/mol. The van der Waals surface area contributed by atoms with Crippen LogP contribution in [0.5, 0.6) is 0 Å². The minimum Gasteiger partial charge on any atom is -0.443 e. The number of nitrogens with one attached hydrogen (secondary N) is 1. The fraction of sp³-hybridized carbons (Fsp3) is 0.105. The lowest BCUT2D eigenvalue weighted by Crippen LogP contribution is -2.15. The molecule has 26 heavy (non-hydrogen) atoms. The summed E-state index contributed by atoms with van der Waals surface area (Å²) in [5.74, 6) is -0.207. The number of nitrogens with two attached hydrogens (primary N) is 1. The van der Waals surface area contributed by atoms with Crippen molar-refractivity contribution in [2.75, 3.05) is 5.32 Å². The number of primary amides is 1. The Kier molecular flexibility index (Phi) is 4.58. The van der Waals surface area contributed by atoms with E-state index in [0.717, 1.165) is 5.56 Å². The lowest BCUT2D eigenvalue weighted by molar-refractivity contribution is -0.117. The lowest BCUT2D eigenvalue weighted by atomic mass is 10.1. The van der Waals surface area contributed by atoms with Gasteiger partial charge in [-0.05, 0) is 36.8 Å². The van der Waals surface area contributed by atoms with Crippen LogP contribution in [-0.4, -0.2) is 16.4 Å². The van der Waals surface area contributed by atoms with Crippen molar-refractivity contribution < 1.29 is 14.0 Å². The second-order valence-electron chi connectivity index (χ2n) is 5.71. The van der Waals surface area contributed by atoms with E-state index in [9.17, 15) is 14.9 Å². The van der Waals surface area contributed by atoms with Crippen molar-refractivity contribution in [3.8, 4) is 12.0 Å². The zero-order valence-corrected chi connectivity index (χ0v) is 14.0. The Labute approximate surface area is 149 Å². The van der Waals surface area contributed by atoms with E-state index in [1.807, 2.05) is 6.07 Å². The van der Waals surface area contributed by atoms with Crippen LogP contribution in [0.1, 0.15) is 27.2 Å². The van der Waals surface area contributed by atoms with Gasteiger partial charge in [0.25, 0.3) is 5.91 Å². The average Bonchev–Trinajstić information content (AvgIpc) is 3.23. The molecular formula is C19H16N4O3. The van der Waals surface area contributed by atoms with Crippen LogP contribution in [0.25, 0.3) is 5.88 Å². The molecular weight excluding hydrogens is 332 g/mol. The highest BCUT2D eigenvalue weighted by molar-refractivity contribution is 6.07. The third-order valence-electron chi connectivity index (χ3n) is 3.83. The molecule has 7 heteroatoms. The summed E-state index contributed by atoms with van der Waals surface area (Å²) in [4.78, 5) is 23.6. The summed E-state index contributed by atoms with van der Waals surface area (Å²) in [6.45, 7) is 1.64. The van der Waals surface area contributed by atoms with Crippen LogP contribution in [-0.2, 0) is 11.2 Å². The van der Waals surface area contributed by atoms with Crippen molar-refractivity contribution in [2.45, 2.75) is 13.3 Å². The largest absolute Gasteiger partial charge is 0.443 e. The standard InChI is InChI=1S/C19H16N4O3/c1-12-17(15(11-20)19(26-12)23-8-2-3-9-23)18(25)22-14-6-4-13(5-7-14)10-16(21)24/h2-9H,10H2,1H3,(H2,21,24)(H,22,25). The highest BCUT2D eigenvalue weighted by Gasteiger charge is 2.24. The Morgan fingerprint density at radius 2 is 1.88 bits per heavy atom. The van der Waals surface area contributed by atoms with Crippen LogP contribution in [0.4, 0.5) is 5.69 Å². The molecule has 130 valence electrons. The predicted octanol–water partition coefficient (Wildman–Crippen LogP) is 2.53. The minimum atomic E-state index is -0.441. The van der Waals surface area contributed by atoms with Gasteiger partial charge in [0, 0.05) is 18.1 Å². The molecule has 2 amide bonds. The van der Waals surface area contributed by atoms with Gasteiger partial charge in [-0.1, -0.05) is 12.1 Å². The van der Waals surface area contributed by atoms with Gasteiger partial charge in [0.2, 0.25) is 11.8 Å². The van der Waals surface area contributed by atoms with E-state index in [2.05, 4.69) is 5.32 Å². The van der Waals surface area contributed by atoms with Crippen LogP contribution < -0.4 is 11.1 Å². The summed E-state index contributed by atoms with van der Waals surface area (Å²) in [7, 11) is 0. The zero-order valence-electron chi connectivity index (χ0n) is 14.0. The van der Waals surface area contributed by atoms with Gasteiger partial charge in [-0.3, -0.25) is 14.2 Å². The third-order valence-corrected chi connectivity index (χ3v) is 3.83. The minimum absolute atomic E-state index is 0.133. The van der Waals surface area contributed by atoms with Gasteiger partial charge >= 0.3 is 0 Å². The van der Waals surface area contributed by atoms with Crippen LogP contribution in [0.15, 0.2) is 53.2 Å². The maximum absolute atomic E-state index is 12.7. The van der Waals surface area contributed by atoms with E-state index < -0.39 is 11.8 Å². The zero-order chi connectivity index (χ0) is 18.7. The number of nitrogens with zero attached hydrogens (tertiary/aromatic N) is 2. The van der Waals surface area contributed by atoms with E-state index in [4.69, 9.17) is 10.2 Å². The molecule has 0 aliphatic rings. The number of carbonyl (C=O) groups is 2. The van der Waals surface area contributed by atoms with Gasteiger partial charge in [-0.25, -0.2) is 0 Å². The van der Waals surface area contributed by atoms with Crippen molar-refractivity contribution in [3.05, 3.63) is 71.2 Å². The molecule has 0 aliphatic carbocycles. The molecule has 0 bridgehead atoms. The smallest absolute Gasteiger partial charge is 0.260 e. The first-order chi connectivity index (χ1) is 12.5. The third kappa shape index (κ3) is 3.35. The second-order valence-corrected chi connectivity index (χ2v) is 5.71. The normalized spacial score (nSPS) is 10.3. The highest BCUT2D eigenvalue weighted by Crippen LogP contribution is 2.26. The van der Waals surface area contributed by atoms with Crippen LogP contribution in [0.3, 0.4) is 0 Å². The second kappa shape index (κ2) is 6.99. The first-order valence-corrected chi connectivity index (χ1v) is 7.85. The van der Waals surface area contributed by atoms with E-state index in [-0.39, 0.29) is 17.5 Å². The number of aromatic nitrogens is 1. The number of hydrogen-bond acceptors (Lipinski definition) is 4. The molecule has 0 aliphatic heterocycles. The molecule has 3 rings (SSSR count). The molecule has 2 heterocycles. The fourth-order valence-electron chi connectivity index (χ4n) is 2.66. The molecule has 0 saturated heterocycles. The number of amides is 2. The quantitative estimate of drug-likeness (QED) is 0.737. The molecule has 3 N–H and O–H groups in total. The van der Waals surface area contributed by atoms with Gasteiger partial charge in [0.05, 0.1) is 6.42 Å². The number of aryl methyl sites for hydroxylation is 1. The van der Waals surface area contributed by atoms with Crippen LogP contribution >= 0.6 is 0 Å². The van der Waals surface area contributed by atoms with Gasteiger partial charge < -0.3 is 15.5 Å². The summed E-state index contributed by atoms with van der Waals surface area (Å²) >= 11 is 0. The molecule has 0 saturated carbocycles. The number of nitriles is 1. The summed E-state index contributed by atoms with van der Waals surface area (Å²) in [5.41, 5.74) is 6.81. The van der Waals surface area contributed by atoms with E-state index in [1.54, 1.807) is 60.3 Å². The van der Waals surface area contributed by atoms with Crippen LogP contribution in [0.2, 0.25) is 0 Å². The Hall–Kier alpha value is -3.79. The molecule has 2 aromatic heterocycles. The molecule has 7 nitrogen and oxygen atoms in total. The predicted molar refractivity (Wildman–Crippen MR) is 94.8 cm³/mol. The molecule has 0 unspecified atom stereocenters. The molecule has 0 spiro atoms. The van der Waals surface area contributed by atoms with E-state index >= 15 is 0 Å². The number of benzene rings is 1. The monoisotopic (exact) mass is 348 g/mol. The molecule has 0 atom stereocenters. The van der Waals surface area contributed by atoms with Crippen molar-refractivity contribution >= 4 is 17.5 Å². The van der Waals surface area contributed by atoms with Crippen molar-refractivity contribution in [2.24, 2.45) is 5.73 Å². The highest BCUT2D eigenvalue weighted by atomic mass is 16.4. The summed E-state index contributed by atoms with van der Waals surface area (Å²) in [6.07, 6.45) is 3.60. The summed E-state index contributed by atoms with van der Waals surface area (Å²) in [5, 5.41) is 12.2. The van der Waals surface area contributed by atoms with Crippen molar-refractivity contribution in [1.29, 1.82) is 5.26 Å². The number of hydrogen-bond donors (Lipinski definition) is 2. The first-order valence-electron chi connectivity index (χ1n) is 7.85. The van der Waals surface area contributed by atoms with E-state index in [1.165, 1.54) is 0 Å². The van der Waals surface area contributed by atoms with Gasteiger partial charge in [0.1, 0.15) is 23.0 Å². The lowest BCUT2D eigenvalue weighted by Gasteiger charge is -2.06. The fourth-order valence-corrected chi connectivity index (χ4v) is 2.66. The van der Waals surface area contributed by atoms with Crippen molar-refractivity contribution in [3.63, 3.8) is 0 Å². The first kappa shape index (κ1) is 17.0. The number of rotatable bonds is 5. The Bertz CT molecular complexity index is 993. The Morgan fingerprint density at radius 3 is 2.46 bits per heavy atom. The van der Waals surface area contributed by atoms with Crippen molar-refractivity contribution in [1.82, 2.24) is 4.57 Å².